The number of anilines is 1. The topological polar surface area (TPSA) is 110 Å². The van der Waals surface area contributed by atoms with E-state index in [4.69, 9.17) is 9.15 Å². The smallest absolute Gasteiger partial charge is 0.291 e. The van der Waals surface area contributed by atoms with Crippen molar-refractivity contribution in [3.63, 3.8) is 0 Å². The molecule has 0 radical (unpaired) electrons. The van der Waals surface area contributed by atoms with Crippen molar-refractivity contribution in [3.8, 4) is 5.75 Å². The van der Waals surface area contributed by atoms with Gasteiger partial charge >= 0.3 is 0 Å². The van der Waals surface area contributed by atoms with Crippen LogP contribution in [0.1, 0.15) is 33.4 Å². The third kappa shape index (κ3) is 5.47. The normalized spacial score (nSPS) is 11.3. The molecule has 3 N–H and O–H groups in total. The van der Waals surface area contributed by atoms with E-state index in [1.807, 2.05) is 0 Å². The number of carbonyl (C=O) groups is 3. The van der Waals surface area contributed by atoms with Gasteiger partial charge in [-0.2, -0.15) is 0 Å². The average molecular weight is 425 g/mol. The fourth-order valence-corrected chi connectivity index (χ4v) is 2.57. The summed E-state index contributed by atoms with van der Waals surface area (Å²) >= 11 is 0. The third-order valence-electron chi connectivity index (χ3n) is 4.30. The molecule has 9 heteroatoms. The Morgan fingerprint density at radius 1 is 1.00 bits per heavy atom. The highest BCUT2D eigenvalue weighted by Gasteiger charge is 2.18. The van der Waals surface area contributed by atoms with Gasteiger partial charge in [-0.15, -0.1) is 0 Å². The van der Waals surface area contributed by atoms with E-state index in [-0.39, 0.29) is 17.1 Å². The van der Waals surface area contributed by atoms with E-state index >= 15 is 0 Å². The van der Waals surface area contributed by atoms with Gasteiger partial charge in [0.15, 0.2) is 23.4 Å². The van der Waals surface area contributed by atoms with Gasteiger partial charge in [-0.25, -0.2) is 4.39 Å². The van der Waals surface area contributed by atoms with Crippen LogP contribution in [0.15, 0.2) is 65.3 Å². The Bertz CT molecular complexity index is 1100. The number of nitrogens with one attached hydrogen (secondary N) is 3. The van der Waals surface area contributed by atoms with Crippen molar-refractivity contribution in [3.05, 3.63) is 83.6 Å². The zero-order chi connectivity index (χ0) is 22.4. The molecule has 1 aromatic heterocycles. The van der Waals surface area contributed by atoms with Gasteiger partial charge in [-0.05, 0) is 55.8 Å². The molecule has 0 saturated carbocycles. The molecule has 31 heavy (non-hydrogen) atoms. The van der Waals surface area contributed by atoms with Crippen molar-refractivity contribution >= 4 is 23.4 Å². The molecule has 0 spiro atoms. The number of aryl methyl sites for hydroxylation is 1. The summed E-state index contributed by atoms with van der Waals surface area (Å²) in [5.41, 5.74) is 5.83. The number of benzene rings is 2. The lowest BCUT2D eigenvalue weighted by Crippen LogP contribution is -2.47. The highest BCUT2D eigenvalue weighted by molar-refractivity contribution is 6.04. The molecular weight excluding hydrogens is 405 g/mol. The van der Waals surface area contributed by atoms with Gasteiger partial charge in [-0.3, -0.25) is 25.2 Å². The van der Waals surface area contributed by atoms with Gasteiger partial charge in [-0.1, -0.05) is 18.2 Å². The molecule has 0 fully saturated rings. The van der Waals surface area contributed by atoms with Gasteiger partial charge < -0.3 is 14.5 Å². The first kappa shape index (κ1) is 21.6. The summed E-state index contributed by atoms with van der Waals surface area (Å²) in [6.07, 6.45) is 0.323. The summed E-state index contributed by atoms with van der Waals surface area (Å²) in [5, 5.41) is 2.67. The maximum atomic E-state index is 13.6. The molecule has 2 aromatic carbocycles. The molecule has 3 amide bonds. The minimum absolute atomic E-state index is 0.0769. The molecular formula is C22H20FN3O5. The molecule has 8 nitrogen and oxygen atoms in total. The molecule has 1 atom stereocenters. The van der Waals surface area contributed by atoms with Gasteiger partial charge in [0.1, 0.15) is 0 Å². The Labute approximate surface area is 177 Å². The third-order valence-corrected chi connectivity index (χ3v) is 4.30. The first-order valence-corrected chi connectivity index (χ1v) is 9.32. The van der Waals surface area contributed by atoms with Crippen LogP contribution in [0.5, 0.6) is 5.75 Å². The van der Waals surface area contributed by atoms with Crippen LogP contribution in [0.25, 0.3) is 0 Å². The maximum Gasteiger partial charge on any atom is 0.291 e. The van der Waals surface area contributed by atoms with Crippen LogP contribution in [-0.4, -0.2) is 23.8 Å². The molecule has 0 aliphatic rings. The number of halogens is 1. The van der Waals surface area contributed by atoms with E-state index in [9.17, 15) is 18.8 Å². The van der Waals surface area contributed by atoms with E-state index in [2.05, 4.69) is 16.2 Å². The quantitative estimate of drug-likeness (QED) is 0.526. The predicted molar refractivity (Wildman–Crippen MR) is 110 cm³/mol. The zero-order valence-electron chi connectivity index (χ0n) is 16.8. The number of para-hydroxylation sites is 1. The summed E-state index contributed by atoms with van der Waals surface area (Å²) in [7, 11) is 0. The maximum absolute atomic E-state index is 13.6. The van der Waals surface area contributed by atoms with Gasteiger partial charge in [0, 0.05) is 11.3 Å². The van der Waals surface area contributed by atoms with Gasteiger partial charge in [0.05, 0.1) is 6.26 Å². The second kappa shape index (κ2) is 9.57. The van der Waals surface area contributed by atoms with Crippen molar-refractivity contribution in [2.24, 2.45) is 0 Å². The van der Waals surface area contributed by atoms with Crippen molar-refractivity contribution in [1.29, 1.82) is 0 Å². The zero-order valence-corrected chi connectivity index (χ0v) is 16.8. The highest BCUT2D eigenvalue weighted by atomic mass is 19.1. The van der Waals surface area contributed by atoms with Crippen LogP contribution < -0.4 is 20.9 Å². The van der Waals surface area contributed by atoms with Crippen LogP contribution >= 0.6 is 0 Å². The first-order chi connectivity index (χ1) is 14.8. The number of amides is 3. The number of hydrogen-bond acceptors (Lipinski definition) is 5. The summed E-state index contributed by atoms with van der Waals surface area (Å²) in [6, 6.07) is 13.4. The Balaban J connectivity index is 1.59. The van der Waals surface area contributed by atoms with Crippen molar-refractivity contribution in [2.75, 3.05) is 5.32 Å². The van der Waals surface area contributed by atoms with Crippen LogP contribution in [0.4, 0.5) is 10.1 Å². The molecule has 0 aliphatic heterocycles. The number of hydrazine groups is 1. The molecule has 0 bridgehead atoms. The van der Waals surface area contributed by atoms with E-state index in [1.54, 1.807) is 31.2 Å². The molecule has 3 aromatic rings. The second-order valence-electron chi connectivity index (χ2n) is 6.60. The standard InChI is InChI=1S/C22H20FN3O5/c1-13-9-10-15(12-17(13)24-22(29)19-8-5-11-30-19)21(28)26-25-20(27)14(2)31-18-7-4-3-6-16(18)23/h3-12,14H,1-2H3,(H,24,29)(H,25,27)(H,26,28). The predicted octanol–water partition coefficient (Wildman–Crippen LogP) is 3.21. The Hall–Kier alpha value is -4.14. The monoisotopic (exact) mass is 425 g/mol. The fourth-order valence-electron chi connectivity index (χ4n) is 2.57. The molecule has 160 valence electrons. The van der Waals surface area contributed by atoms with Crippen LogP contribution in [0, 0.1) is 12.7 Å². The summed E-state index contributed by atoms with van der Waals surface area (Å²) in [4.78, 5) is 36.7. The van der Waals surface area contributed by atoms with E-state index < -0.39 is 29.6 Å². The number of hydrogen-bond donors (Lipinski definition) is 3. The van der Waals surface area contributed by atoms with Crippen molar-refractivity contribution in [1.82, 2.24) is 10.9 Å². The van der Waals surface area contributed by atoms with Gasteiger partial charge in [0.2, 0.25) is 0 Å². The largest absolute Gasteiger partial charge is 0.478 e. The second-order valence-corrected chi connectivity index (χ2v) is 6.60. The van der Waals surface area contributed by atoms with E-state index in [0.717, 1.165) is 5.56 Å². The number of ether oxygens (including phenoxy) is 1. The van der Waals surface area contributed by atoms with E-state index in [0.29, 0.717) is 5.69 Å². The Morgan fingerprint density at radius 3 is 2.48 bits per heavy atom. The lowest BCUT2D eigenvalue weighted by molar-refractivity contribution is -0.128. The SMILES string of the molecule is Cc1ccc(C(=O)NNC(=O)C(C)Oc2ccccc2F)cc1NC(=O)c1ccco1. The Morgan fingerprint density at radius 2 is 1.77 bits per heavy atom. The lowest BCUT2D eigenvalue weighted by Gasteiger charge is -2.16. The fraction of sp³-hybridized carbons (Fsp3) is 0.136. The lowest BCUT2D eigenvalue weighted by atomic mass is 10.1. The first-order valence-electron chi connectivity index (χ1n) is 9.32. The minimum Gasteiger partial charge on any atom is -0.478 e. The van der Waals surface area contributed by atoms with Crippen LogP contribution in [0.3, 0.4) is 0 Å². The molecule has 1 heterocycles. The number of furan rings is 1. The molecule has 1 unspecified atom stereocenters. The molecule has 3 rings (SSSR count). The molecule has 0 saturated heterocycles. The highest BCUT2D eigenvalue weighted by Crippen LogP contribution is 2.19. The number of carbonyl (C=O) groups excluding carboxylic acids is 3. The average Bonchev–Trinajstić information content (AvgIpc) is 3.30. The Kier molecular flexibility index (Phi) is 6.66. The summed E-state index contributed by atoms with van der Waals surface area (Å²) in [5.74, 6) is -2.29. The van der Waals surface area contributed by atoms with Crippen LogP contribution in [-0.2, 0) is 4.79 Å². The number of rotatable bonds is 6. The van der Waals surface area contributed by atoms with Crippen molar-refractivity contribution < 1.29 is 27.9 Å². The van der Waals surface area contributed by atoms with Crippen molar-refractivity contribution in [2.45, 2.75) is 20.0 Å². The summed E-state index contributed by atoms with van der Waals surface area (Å²) < 4.78 is 23.9. The minimum atomic E-state index is -1.06. The molecule has 0 aliphatic carbocycles. The van der Waals surface area contributed by atoms with E-state index in [1.165, 1.54) is 43.5 Å². The summed E-state index contributed by atoms with van der Waals surface area (Å²) in [6.45, 7) is 3.19. The van der Waals surface area contributed by atoms with Gasteiger partial charge in [0.25, 0.3) is 17.7 Å². The van der Waals surface area contributed by atoms with Crippen LogP contribution in [0.2, 0.25) is 0 Å².